The maximum atomic E-state index is 13.2. The van der Waals surface area contributed by atoms with Crippen molar-refractivity contribution in [2.45, 2.75) is 76.8 Å². The molecule has 0 amide bonds. The second kappa shape index (κ2) is 10.4. The zero-order valence-electron chi connectivity index (χ0n) is 22.1. The summed E-state index contributed by atoms with van der Waals surface area (Å²) in [6.45, 7) is 15.4. The summed E-state index contributed by atoms with van der Waals surface area (Å²) < 4.78 is 79.5. The van der Waals surface area contributed by atoms with Gasteiger partial charge in [-0.25, -0.2) is 6.07 Å². The number of benzene rings is 2. The molecule has 0 fully saturated rings. The molecule has 1 atom stereocenters. The van der Waals surface area contributed by atoms with Gasteiger partial charge in [-0.05, 0) is 58.8 Å². The van der Waals surface area contributed by atoms with E-state index in [1.807, 2.05) is 13.0 Å². The fourth-order valence-corrected chi connectivity index (χ4v) is 12.0. The van der Waals surface area contributed by atoms with Crippen LogP contribution in [0.15, 0.2) is 66.7 Å². The van der Waals surface area contributed by atoms with E-state index in [1.54, 1.807) is 0 Å². The summed E-state index contributed by atoms with van der Waals surface area (Å²) in [7, 11) is -1.94. The van der Waals surface area contributed by atoms with Gasteiger partial charge in [-0.3, -0.25) is 0 Å². The quantitative estimate of drug-likeness (QED) is 0.167. The highest BCUT2D eigenvalue weighted by molar-refractivity contribution is 7.73. The van der Waals surface area contributed by atoms with Crippen LogP contribution in [0.3, 0.4) is 0 Å². The molecule has 0 aliphatic rings. The molecular formula is C29H33F6P2-. The average molecular weight is 558 g/mol. The van der Waals surface area contributed by atoms with Gasteiger partial charge in [-0.2, -0.15) is 44.0 Å². The fraction of sp³-hybridized carbons (Fsp3) is 0.414. The maximum absolute atomic E-state index is 13.2. The van der Waals surface area contributed by atoms with Gasteiger partial charge in [0, 0.05) is 0 Å². The van der Waals surface area contributed by atoms with E-state index in [-0.39, 0.29) is 16.0 Å². The van der Waals surface area contributed by atoms with Crippen LogP contribution in [0.2, 0.25) is 0 Å². The Kier molecular flexibility index (Phi) is 8.39. The molecule has 3 aromatic carbocycles. The van der Waals surface area contributed by atoms with Gasteiger partial charge in [0.1, 0.15) is 0 Å². The Morgan fingerprint density at radius 2 is 1.00 bits per heavy atom. The maximum Gasteiger partial charge on any atom is 0.416 e. The molecule has 0 aromatic heterocycles. The van der Waals surface area contributed by atoms with Gasteiger partial charge in [0.2, 0.25) is 0 Å². The molecule has 0 saturated carbocycles. The van der Waals surface area contributed by atoms with Crippen molar-refractivity contribution in [3.8, 4) is 0 Å². The Balaban J connectivity index is 2.16. The van der Waals surface area contributed by atoms with Crippen molar-refractivity contribution >= 4 is 31.8 Å². The van der Waals surface area contributed by atoms with E-state index in [0.29, 0.717) is 10.6 Å². The average Bonchev–Trinajstić information content (AvgIpc) is 3.20. The molecule has 0 heterocycles. The molecule has 0 unspecified atom stereocenters. The first-order valence-corrected chi connectivity index (χ1v) is 14.8. The van der Waals surface area contributed by atoms with Gasteiger partial charge in [-0.15, -0.1) is 5.30 Å². The van der Waals surface area contributed by atoms with E-state index in [4.69, 9.17) is 0 Å². The zero-order valence-corrected chi connectivity index (χ0v) is 23.9. The highest BCUT2D eigenvalue weighted by Crippen LogP contribution is 2.61. The van der Waals surface area contributed by atoms with E-state index in [2.05, 4.69) is 53.7 Å². The van der Waals surface area contributed by atoms with Crippen LogP contribution in [0.25, 0.3) is 0 Å². The van der Waals surface area contributed by atoms with E-state index in [0.717, 1.165) is 29.8 Å². The molecular weight excluding hydrogens is 524 g/mol. The minimum absolute atomic E-state index is 0.00186. The van der Waals surface area contributed by atoms with Crippen LogP contribution in [-0.2, 0) is 12.4 Å². The summed E-state index contributed by atoms with van der Waals surface area (Å²) in [6.07, 6.45) is -8.93. The summed E-state index contributed by atoms with van der Waals surface area (Å²) in [6, 6.07) is 16.4. The van der Waals surface area contributed by atoms with Gasteiger partial charge in [0.05, 0.1) is 11.1 Å². The topological polar surface area (TPSA) is 0 Å². The second-order valence-corrected chi connectivity index (χ2v) is 17.6. The molecule has 0 radical (unpaired) electrons. The number of hydrogen-bond acceptors (Lipinski definition) is 0. The lowest BCUT2D eigenvalue weighted by Gasteiger charge is -2.46. The molecule has 0 aliphatic heterocycles. The van der Waals surface area contributed by atoms with Crippen molar-refractivity contribution in [1.29, 1.82) is 0 Å². The molecule has 0 bridgehead atoms. The van der Waals surface area contributed by atoms with Crippen LogP contribution in [0.5, 0.6) is 0 Å². The van der Waals surface area contributed by atoms with E-state index in [1.165, 1.54) is 29.6 Å². The molecule has 0 aliphatic carbocycles. The Hall–Kier alpha value is -1.77. The first kappa shape index (κ1) is 29.8. The van der Waals surface area contributed by atoms with Crippen molar-refractivity contribution in [3.05, 3.63) is 83.4 Å². The third kappa shape index (κ3) is 6.82. The predicted octanol–water partition coefficient (Wildman–Crippen LogP) is 9.34. The van der Waals surface area contributed by atoms with Crippen LogP contribution >= 0.6 is 15.8 Å². The molecule has 37 heavy (non-hydrogen) atoms. The monoisotopic (exact) mass is 557 g/mol. The highest BCUT2D eigenvalue weighted by Gasteiger charge is 2.36. The second-order valence-electron chi connectivity index (χ2n) is 11.2. The predicted molar refractivity (Wildman–Crippen MR) is 146 cm³/mol. The number of rotatable bonds is 5. The van der Waals surface area contributed by atoms with Gasteiger partial charge >= 0.3 is 12.4 Å². The SMILES string of the molecule is C[C@H](c1cc[cH-]c1P(C(C)(C)C)C(C)(C)C)P(c1ccc(C(F)(F)F)cc1)c1ccc(C(F)(F)F)cc1. The van der Waals surface area contributed by atoms with Gasteiger partial charge in [-0.1, -0.05) is 80.7 Å². The first-order chi connectivity index (χ1) is 16.8. The summed E-state index contributed by atoms with van der Waals surface area (Å²) in [4.78, 5) is 0. The van der Waals surface area contributed by atoms with Crippen molar-refractivity contribution in [3.63, 3.8) is 0 Å². The van der Waals surface area contributed by atoms with E-state index < -0.39 is 39.3 Å². The van der Waals surface area contributed by atoms with Crippen molar-refractivity contribution in [2.75, 3.05) is 0 Å². The Morgan fingerprint density at radius 1 is 0.622 bits per heavy atom. The molecule has 3 aromatic rings. The highest BCUT2D eigenvalue weighted by atomic mass is 31.1. The largest absolute Gasteiger partial charge is 0.416 e. The Morgan fingerprint density at radius 3 is 1.32 bits per heavy atom. The Bertz CT molecular complexity index is 1100. The molecule has 0 spiro atoms. The fourth-order valence-electron chi connectivity index (χ4n) is 5.07. The standard InChI is InChI=1S/C29H33F6P2/c1-19(24-9-8-10-25(24)37(26(2,3)4)27(5,6)7)36(22-15-11-20(12-16-22)28(30,31)32)23-17-13-21(14-18-23)29(33,34)35/h8-19H,1-7H3/q-1/t19-/m1/s1. The third-order valence-electron chi connectivity index (χ3n) is 6.19. The number of hydrogen-bond donors (Lipinski definition) is 0. The van der Waals surface area contributed by atoms with Crippen molar-refractivity contribution < 1.29 is 26.3 Å². The lowest BCUT2D eigenvalue weighted by atomic mass is 10.2. The van der Waals surface area contributed by atoms with E-state index >= 15 is 0 Å². The van der Waals surface area contributed by atoms with Gasteiger partial charge in [0.25, 0.3) is 0 Å². The van der Waals surface area contributed by atoms with Crippen LogP contribution in [0, 0.1) is 0 Å². The van der Waals surface area contributed by atoms with Crippen molar-refractivity contribution in [1.82, 2.24) is 0 Å². The summed E-state index contributed by atoms with van der Waals surface area (Å²) in [5.41, 5.74) is -0.501. The normalized spacial score (nSPS) is 14.5. The molecule has 3 rings (SSSR count). The smallest absolute Gasteiger partial charge is 0.209 e. The van der Waals surface area contributed by atoms with Crippen LogP contribution in [0.1, 0.15) is 70.8 Å². The minimum Gasteiger partial charge on any atom is -0.209 e. The number of alkyl halides is 6. The number of halogens is 6. The zero-order chi connectivity index (χ0) is 28.0. The summed E-state index contributed by atoms with van der Waals surface area (Å²) in [5.74, 6) is 0. The van der Waals surface area contributed by atoms with E-state index in [9.17, 15) is 26.3 Å². The van der Waals surface area contributed by atoms with Crippen LogP contribution in [0.4, 0.5) is 26.3 Å². The van der Waals surface area contributed by atoms with Crippen LogP contribution in [-0.4, -0.2) is 10.3 Å². The lowest BCUT2D eigenvalue weighted by Crippen LogP contribution is -2.32. The molecule has 202 valence electrons. The Labute approximate surface area is 218 Å². The minimum atomic E-state index is -4.46. The third-order valence-corrected chi connectivity index (χ3v) is 12.5. The molecule has 0 nitrogen and oxygen atoms in total. The molecule has 0 N–H and O–H groups in total. The van der Waals surface area contributed by atoms with Crippen molar-refractivity contribution in [2.24, 2.45) is 0 Å². The van der Waals surface area contributed by atoms with Gasteiger partial charge < -0.3 is 0 Å². The molecule has 8 heteroatoms. The summed E-state index contributed by atoms with van der Waals surface area (Å²) in [5, 5.41) is 2.63. The van der Waals surface area contributed by atoms with Gasteiger partial charge in [0.15, 0.2) is 0 Å². The lowest BCUT2D eigenvalue weighted by molar-refractivity contribution is -0.138. The first-order valence-electron chi connectivity index (χ1n) is 12.0. The van der Waals surface area contributed by atoms with Crippen LogP contribution < -0.4 is 15.9 Å². The molecule has 0 saturated heterocycles. The summed E-state index contributed by atoms with van der Waals surface area (Å²) >= 11 is 0.